The van der Waals surface area contributed by atoms with Crippen molar-refractivity contribution in [2.75, 3.05) is 0 Å². The smallest absolute Gasteiger partial charge is 0.309 e. The third kappa shape index (κ3) is 2.14. The van der Waals surface area contributed by atoms with Crippen LogP contribution < -0.4 is 0 Å². The molecule has 0 amide bonds. The van der Waals surface area contributed by atoms with Gasteiger partial charge in [0.1, 0.15) is 0 Å². The zero-order chi connectivity index (χ0) is 11.5. The number of aromatic nitrogens is 1. The van der Waals surface area contributed by atoms with Gasteiger partial charge in [0.2, 0.25) is 0 Å². The van der Waals surface area contributed by atoms with Crippen molar-refractivity contribution in [1.29, 1.82) is 0 Å². The molecule has 3 heteroatoms. The first-order chi connectivity index (χ1) is 7.66. The second-order valence-corrected chi connectivity index (χ2v) is 3.77. The second kappa shape index (κ2) is 4.23. The summed E-state index contributed by atoms with van der Waals surface area (Å²) in [6, 6.07) is 11.9. The van der Waals surface area contributed by atoms with E-state index in [0.717, 1.165) is 16.8 Å². The van der Waals surface area contributed by atoms with Crippen LogP contribution in [0.1, 0.15) is 5.69 Å². The Balaban J connectivity index is 2.34. The molecule has 3 nitrogen and oxygen atoms in total. The predicted molar refractivity (Wildman–Crippen MR) is 62.2 cm³/mol. The van der Waals surface area contributed by atoms with Gasteiger partial charge in [0.25, 0.3) is 0 Å². The molecule has 1 N–H and O–H groups in total. The summed E-state index contributed by atoms with van der Waals surface area (Å²) < 4.78 is 1.86. The third-order valence-corrected chi connectivity index (χ3v) is 2.55. The molecule has 0 unspecified atom stereocenters. The number of carboxylic acids is 1. The van der Waals surface area contributed by atoms with E-state index in [9.17, 15) is 4.79 Å². The average Bonchev–Trinajstić information content (AvgIpc) is 2.61. The maximum absolute atomic E-state index is 10.7. The highest BCUT2D eigenvalue weighted by Gasteiger charge is 2.07. The summed E-state index contributed by atoms with van der Waals surface area (Å²) in [4.78, 5) is 10.7. The Morgan fingerprint density at radius 3 is 2.56 bits per heavy atom. The largest absolute Gasteiger partial charge is 0.481 e. The van der Waals surface area contributed by atoms with E-state index in [0.29, 0.717) is 0 Å². The van der Waals surface area contributed by atoms with Gasteiger partial charge in [-0.3, -0.25) is 4.79 Å². The van der Waals surface area contributed by atoms with E-state index >= 15 is 0 Å². The molecule has 0 atom stereocenters. The summed E-state index contributed by atoms with van der Waals surface area (Å²) in [7, 11) is 1.87. The van der Waals surface area contributed by atoms with Gasteiger partial charge in [0.05, 0.1) is 6.42 Å². The maximum atomic E-state index is 10.7. The van der Waals surface area contributed by atoms with Crippen LogP contribution in [0.2, 0.25) is 0 Å². The van der Waals surface area contributed by atoms with Gasteiger partial charge in [-0.1, -0.05) is 30.3 Å². The molecular formula is C13H13NO2. The van der Waals surface area contributed by atoms with Crippen LogP contribution in [-0.2, 0) is 18.3 Å². The second-order valence-electron chi connectivity index (χ2n) is 3.77. The summed E-state index contributed by atoms with van der Waals surface area (Å²) in [5.41, 5.74) is 2.97. The number of hydrogen-bond donors (Lipinski definition) is 1. The molecule has 1 heterocycles. The van der Waals surface area contributed by atoms with Gasteiger partial charge >= 0.3 is 5.97 Å². The van der Waals surface area contributed by atoms with Crippen LogP contribution >= 0.6 is 0 Å². The standard InChI is InChI=1S/C13H13NO2/c1-14-9-11(7-12(14)8-13(15)16)10-5-3-2-4-6-10/h2-7,9H,8H2,1H3,(H,15,16). The number of rotatable bonds is 3. The minimum Gasteiger partial charge on any atom is -0.481 e. The van der Waals surface area contributed by atoms with Crippen LogP contribution in [-0.4, -0.2) is 15.6 Å². The Hall–Kier alpha value is -2.03. The Bertz CT molecular complexity index is 500. The lowest BCUT2D eigenvalue weighted by atomic mass is 10.1. The summed E-state index contributed by atoms with van der Waals surface area (Å²) in [6.45, 7) is 0. The molecule has 82 valence electrons. The lowest BCUT2D eigenvalue weighted by Gasteiger charge is -1.96. The highest BCUT2D eigenvalue weighted by atomic mass is 16.4. The first-order valence-electron chi connectivity index (χ1n) is 5.09. The van der Waals surface area contributed by atoms with Gasteiger partial charge in [-0.05, 0) is 17.2 Å². The van der Waals surface area contributed by atoms with E-state index in [-0.39, 0.29) is 6.42 Å². The number of carboxylic acid groups (broad SMARTS) is 1. The van der Waals surface area contributed by atoms with Crippen molar-refractivity contribution in [2.45, 2.75) is 6.42 Å². The van der Waals surface area contributed by atoms with E-state index in [1.807, 2.05) is 54.2 Å². The maximum Gasteiger partial charge on any atom is 0.309 e. The van der Waals surface area contributed by atoms with E-state index in [1.54, 1.807) is 0 Å². The van der Waals surface area contributed by atoms with Crippen molar-refractivity contribution in [3.8, 4) is 11.1 Å². The van der Waals surface area contributed by atoms with Crippen LogP contribution in [0.3, 0.4) is 0 Å². The predicted octanol–water partition coefficient (Wildman–Crippen LogP) is 2.32. The lowest BCUT2D eigenvalue weighted by molar-refractivity contribution is -0.136. The number of hydrogen-bond acceptors (Lipinski definition) is 1. The molecule has 0 saturated carbocycles. The minimum atomic E-state index is -0.805. The molecule has 0 spiro atoms. The van der Waals surface area contributed by atoms with Gasteiger partial charge in [-0.25, -0.2) is 0 Å². The molecule has 0 aliphatic rings. The average molecular weight is 215 g/mol. The molecule has 2 aromatic rings. The molecule has 16 heavy (non-hydrogen) atoms. The van der Waals surface area contributed by atoms with Crippen molar-refractivity contribution in [2.24, 2.45) is 7.05 Å². The quantitative estimate of drug-likeness (QED) is 0.853. The van der Waals surface area contributed by atoms with Gasteiger partial charge < -0.3 is 9.67 Å². The SMILES string of the molecule is Cn1cc(-c2ccccc2)cc1CC(=O)O. The fourth-order valence-corrected chi connectivity index (χ4v) is 1.73. The Kier molecular flexibility index (Phi) is 2.77. The topological polar surface area (TPSA) is 42.2 Å². The molecule has 0 aliphatic carbocycles. The van der Waals surface area contributed by atoms with Crippen LogP contribution in [0.15, 0.2) is 42.6 Å². The molecular weight excluding hydrogens is 202 g/mol. The van der Waals surface area contributed by atoms with Crippen molar-refractivity contribution >= 4 is 5.97 Å². The minimum absolute atomic E-state index is 0.0589. The first-order valence-corrected chi connectivity index (χ1v) is 5.09. The number of benzene rings is 1. The summed E-state index contributed by atoms with van der Waals surface area (Å²) in [5, 5.41) is 8.76. The zero-order valence-corrected chi connectivity index (χ0v) is 9.05. The van der Waals surface area contributed by atoms with Gasteiger partial charge in [0.15, 0.2) is 0 Å². The van der Waals surface area contributed by atoms with Crippen LogP contribution in [0.25, 0.3) is 11.1 Å². The molecule has 0 aliphatic heterocycles. The van der Waals surface area contributed by atoms with Crippen LogP contribution in [0.5, 0.6) is 0 Å². The van der Waals surface area contributed by atoms with Crippen molar-refractivity contribution < 1.29 is 9.90 Å². The van der Waals surface area contributed by atoms with Gasteiger partial charge in [-0.2, -0.15) is 0 Å². The molecule has 1 aromatic carbocycles. The summed E-state index contributed by atoms with van der Waals surface area (Å²) in [5.74, 6) is -0.805. The van der Waals surface area contributed by atoms with E-state index < -0.39 is 5.97 Å². The van der Waals surface area contributed by atoms with Gasteiger partial charge in [-0.15, -0.1) is 0 Å². The number of aliphatic carboxylic acids is 1. The van der Waals surface area contributed by atoms with Gasteiger partial charge in [0, 0.05) is 18.9 Å². The molecule has 2 rings (SSSR count). The van der Waals surface area contributed by atoms with Crippen molar-refractivity contribution in [3.05, 3.63) is 48.3 Å². The number of aryl methyl sites for hydroxylation is 1. The highest BCUT2D eigenvalue weighted by molar-refractivity contribution is 5.71. The van der Waals surface area contributed by atoms with Crippen molar-refractivity contribution in [1.82, 2.24) is 4.57 Å². The number of nitrogens with zero attached hydrogens (tertiary/aromatic N) is 1. The Labute approximate surface area is 94.0 Å². The molecule has 0 bridgehead atoms. The fourth-order valence-electron chi connectivity index (χ4n) is 1.73. The van der Waals surface area contributed by atoms with E-state index in [4.69, 9.17) is 5.11 Å². The van der Waals surface area contributed by atoms with Crippen LogP contribution in [0, 0.1) is 0 Å². The third-order valence-electron chi connectivity index (χ3n) is 2.55. The normalized spacial score (nSPS) is 10.3. The molecule has 1 aromatic heterocycles. The van der Waals surface area contributed by atoms with Crippen molar-refractivity contribution in [3.63, 3.8) is 0 Å². The zero-order valence-electron chi connectivity index (χ0n) is 9.05. The molecule has 0 radical (unpaired) electrons. The van der Waals surface area contributed by atoms with E-state index in [2.05, 4.69) is 0 Å². The Morgan fingerprint density at radius 1 is 1.25 bits per heavy atom. The summed E-state index contributed by atoms with van der Waals surface area (Å²) >= 11 is 0. The monoisotopic (exact) mass is 215 g/mol. The first kappa shape index (κ1) is 10.5. The van der Waals surface area contributed by atoms with E-state index in [1.165, 1.54) is 0 Å². The summed E-state index contributed by atoms with van der Waals surface area (Å²) in [6.07, 6.45) is 2.01. The van der Waals surface area contributed by atoms with Crippen LogP contribution in [0.4, 0.5) is 0 Å². The highest BCUT2D eigenvalue weighted by Crippen LogP contribution is 2.21. The fraction of sp³-hybridized carbons (Fsp3) is 0.154. The number of carbonyl (C=O) groups is 1. The lowest BCUT2D eigenvalue weighted by Crippen LogP contribution is -2.04. The Morgan fingerprint density at radius 2 is 1.94 bits per heavy atom. The molecule has 0 fully saturated rings. The molecule has 0 saturated heterocycles.